The lowest BCUT2D eigenvalue weighted by Crippen LogP contribution is -3.00. The molecule has 3 aromatic rings. The number of aryl methyl sites for hydroxylation is 2. The first-order valence-electron chi connectivity index (χ1n) is 8.26. The summed E-state index contributed by atoms with van der Waals surface area (Å²) in [7, 11) is 3.89. The van der Waals surface area contributed by atoms with Crippen molar-refractivity contribution in [3.63, 3.8) is 0 Å². The summed E-state index contributed by atoms with van der Waals surface area (Å²) >= 11 is 4.44. The lowest BCUT2D eigenvalue weighted by atomic mass is 10.1. The van der Waals surface area contributed by atoms with Crippen LogP contribution in [0, 0.1) is 36.6 Å². The summed E-state index contributed by atoms with van der Waals surface area (Å²) in [5, 5.41) is 0. The van der Waals surface area contributed by atoms with Crippen molar-refractivity contribution in [2.45, 2.75) is 0 Å². The van der Waals surface area contributed by atoms with Gasteiger partial charge in [-0.25, -0.2) is 13.5 Å². The molecule has 30 heavy (non-hydrogen) atoms. The van der Waals surface area contributed by atoms with E-state index in [1.54, 1.807) is 0 Å². The van der Waals surface area contributed by atoms with Crippen LogP contribution in [0.3, 0.4) is 0 Å². The minimum Gasteiger partial charge on any atom is -1.00 e. The first-order chi connectivity index (χ1) is 13.3. The Hall–Kier alpha value is -1.21. The van der Waals surface area contributed by atoms with Crippen LogP contribution in [0.1, 0.15) is 22.3 Å². The van der Waals surface area contributed by atoms with E-state index >= 15 is 0 Å². The lowest BCUT2D eigenvalue weighted by Gasteiger charge is -2.03. The second-order valence-electron chi connectivity index (χ2n) is 6.16. The van der Waals surface area contributed by atoms with Crippen molar-refractivity contribution < 1.29 is 47.5 Å². The topological polar surface area (TPSA) is 33.8 Å². The van der Waals surface area contributed by atoms with Gasteiger partial charge in [0.1, 0.15) is 19.9 Å². The molecule has 0 unspecified atom stereocenters. The number of anilines is 1. The van der Waals surface area contributed by atoms with Gasteiger partial charge in [-0.2, -0.15) is 0 Å². The normalized spacial score (nSPS) is 9.23. The Morgan fingerprint density at radius 3 is 1.50 bits per heavy atom. The minimum atomic E-state index is -0.411. The summed E-state index contributed by atoms with van der Waals surface area (Å²) < 4.78 is 20.0. The Labute approximate surface area is 224 Å². The number of nitrogens with two attached hydrogens (primary N) is 1. The van der Waals surface area contributed by atoms with Crippen molar-refractivity contribution in [1.82, 2.24) is 0 Å². The first kappa shape index (κ1) is 26.8. The number of hydrogen-bond acceptors (Lipinski definition) is 1. The zero-order valence-electron chi connectivity index (χ0n) is 16.0. The average molecular weight is 755 g/mol. The highest BCUT2D eigenvalue weighted by atomic mass is 127. The number of aromatic nitrogens is 2. The fraction of sp³-hybridized carbons (Fsp3) is 0.0909. The third-order valence-corrected chi connectivity index (χ3v) is 5.63. The van der Waals surface area contributed by atoms with Crippen LogP contribution in [-0.4, -0.2) is 0 Å². The van der Waals surface area contributed by atoms with Gasteiger partial charge in [-0.15, -0.1) is 0 Å². The molecule has 0 radical (unpaired) electrons. The van der Waals surface area contributed by atoms with E-state index in [4.69, 9.17) is 5.73 Å². The Balaban J connectivity index is 0.00000225. The Kier molecular flexibility index (Phi) is 10.7. The summed E-state index contributed by atoms with van der Waals surface area (Å²) in [4.78, 5) is 0. The van der Waals surface area contributed by atoms with Crippen LogP contribution < -0.4 is 48.8 Å². The molecule has 0 saturated carbocycles. The Bertz CT molecular complexity index is 1120. The first-order valence-corrected chi connectivity index (χ1v) is 10.4. The van der Waals surface area contributed by atoms with Crippen LogP contribution in [0.5, 0.6) is 0 Å². The maximum Gasteiger partial charge on any atom is 0.183 e. The second kappa shape index (κ2) is 12.0. The second-order valence-corrected chi connectivity index (χ2v) is 8.48. The van der Waals surface area contributed by atoms with E-state index in [9.17, 15) is 4.39 Å². The fourth-order valence-corrected chi connectivity index (χ4v) is 3.93. The van der Waals surface area contributed by atoms with Crippen molar-refractivity contribution in [3.8, 4) is 23.7 Å². The van der Waals surface area contributed by atoms with Crippen LogP contribution in [-0.2, 0) is 14.1 Å². The molecule has 1 aromatic carbocycles. The number of rotatable bonds is 0. The highest BCUT2D eigenvalue weighted by Crippen LogP contribution is 2.19. The van der Waals surface area contributed by atoms with Crippen LogP contribution in [0.4, 0.5) is 10.1 Å². The van der Waals surface area contributed by atoms with Crippen LogP contribution >= 0.6 is 45.2 Å². The molecule has 8 heteroatoms. The third-order valence-electron chi connectivity index (χ3n) is 3.91. The molecular weight excluding hydrogens is 739 g/mol. The summed E-state index contributed by atoms with van der Waals surface area (Å²) in [6.07, 6.45) is 7.77. The van der Waals surface area contributed by atoms with Crippen molar-refractivity contribution in [3.05, 3.63) is 84.3 Å². The SMILES string of the molecule is C[n+]1ccc(C#Cc2cc(F)cc(C#Cc3cc[n+](C)cc3I)c2N)c(I)c1.[Br-].[Br-]. The Morgan fingerprint density at radius 2 is 1.13 bits per heavy atom. The van der Waals surface area contributed by atoms with Crippen molar-refractivity contribution in [2.24, 2.45) is 14.1 Å². The molecule has 0 fully saturated rings. The highest BCUT2D eigenvalue weighted by molar-refractivity contribution is 14.1. The van der Waals surface area contributed by atoms with Gasteiger partial charge in [-0.3, -0.25) is 0 Å². The van der Waals surface area contributed by atoms with Gasteiger partial charge in [0.25, 0.3) is 0 Å². The van der Waals surface area contributed by atoms with Gasteiger partial charge < -0.3 is 39.7 Å². The maximum absolute atomic E-state index is 14.1. The van der Waals surface area contributed by atoms with E-state index in [2.05, 4.69) is 68.9 Å². The quantitative estimate of drug-likeness (QED) is 0.114. The molecular formula is C22H16Br2FI2N3. The van der Waals surface area contributed by atoms with E-state index in [0.717, 1.165) is 18.3 Å². The van der Waals surface area contributed by atoms with Gasteiger partial charge in [0.15, 0.2) is 24.8 Å². The van der Waals surface area contributed by atoms with Gasteiger partial charge in [0.2, 0.25) is 0 Å². The molecule has 0 aliphatic heterocycles. The predicted octanol–water partition coefficient (Wildman–Crippen LogP) is -2.93. The summed E-state index contributed by atoms with van der Waals surface area (Å²) in [6, 6.07) is 6.52. The number of hydrogen-bond donors (Lipinski definition) is 1. The van der Waals surface area contributed by atoms with Gasteiger partial charge in [-0.05, 0) is 57.3 Å². The van der Waals surface area contributed by atoms with Gasteiger partial charge in [-0.1, -0.05) is 23.7 Å². The fourth-order valence-electron chi connectivity index (χ4n) is 2.42. The van der Waals surface area contributed by atoms with Crippen molar-refractivity contribution >= 4 is 50.9 Å². The largest absolute Gasteiger partial charge is 1.00 e. The van der Waals surface area contributed by atoms with Crippen LogP contribution in [0.15, 0.2) is 49.1 Å². The van der Waals surface area contributed by atoms with Crippen LogP contribution in [0.25, 0.3) is 0 Å². The van der Waals surface area contributed by atoms with Gasteiger partial charge in [0.05, 0.1) is 35.1 Å². The molecule has 3 nitrogen and oxygen atoms in total. The number of benzene rings is 1. The van der Waals surface area contributed by atoms with Crippen LogP contribution in [0.2, 0.25) is 0 Å². The molecule has 0 aliphatic carbocycles. The summed E-state index contributed by atoms with van der Waals surface area (Å²) in [5.74, 6) is 11.7. The zero-order chi connectivity index (χ0) is 20.3. The summed E-state index contributed by atoms with van der Waals surface area (Å²) in [5.41, 5.74) is 9.20. The zero-order valence-corrected chi connectivity index (χ0v) is 23.5. The van der Waals surface area contributed by atoms with E-state index in [-0.39, 0.29) is 34.0 Å². The van der Waals surface area contributed by atoms with Gasteiger partial charge >= 0.3 is 0 Å². The number of halogens is 5. The molecule has 2 heterocycles. The van der Waals surface area contributed by atoms with Gasteiger partial charge in [0, 0.05) is 12.1 Å². The molecule has 2 N–H and O–H groups in total. The van der Waals surface area contributed by atoms with E-state index in [1.165, 1.54) is 12.1 Å². The van der Waals surface area contributed by atoms with Crippen molar-refractivity contribution in [2.75, 3.05) is 5.73 Å². The number of pyridine rings is 2. The third kappa shape index (κ3) is 6.91. The standard InChI is InChI=1S/C22H15FI2N3.2BrH/c1-27-9-7-15(20(24)13-27)3-5-17-11-19(23)12-18(22(17)26)6-4-16-8-10-28(2)14-21(16)25;;/h7-14,26H,1-2H3;2*1H/q+1;;/p-1. The minimum absolute atomic E-state index is 0. The Morgan fingerprint density at radius 1 is 0.767 bits per heavy atom. The highest BCUT2D eigenvalue weighted by Gasteiger charge is 2.07. The summed E-state index contributed by atoms with van der Waals surface area (Å²) in [6.45, 7) is 0. The molecule has 0 aliphatic rings. The molecule has 154 valence electrons. The maximum atomic E-state index is 14.1. The van der Waals surface area contributed by atoms with E-state index < -0.39 is 5.82 Å². The molecule has 0 saturated heterocycles. The number of nitrogens with zero attached hydrogens (tertiary/aromatic N) is 2. The smallest absolute Gasteiger partial charge is 0.183 e. The molecule has 0 spiro atoms. The number of nitrogen functional groups attached to an aromatic ring is 1. The van der Waals surface area contributed by atoms with Crippen molar-refractivity contribution in [1.29, 1.82) is 0 Å². The monoisotopic (exact) mass is 753 g/mol. The molecule has 0 bridgehead atoms. The van der Waals surface area contributed by atoms with E-state index in [0.29, 0.717) is 16.8 Å². The molecule has 3 rings (SSSR count). The lowest BCUT2D eigenvalue weighted by molar-refractivity contribution is -0.672. The molecule has 0 atom stereocenters. The van der Waals surface area contributed by atoms with E-state index in [1.807, 2.05) is 60.1 Å². The molecule has 0 amide bonds. The molecule has 2 aromatic heterocycles. The predicted molar refractivity (Wildman–Crippen MR) is 123 cm³/mol. The average Bonchev–Trinajstić information content (AvgIpc) is 2.63.